The van der Waals surface area contributed by atoms with E-state index in [-0.39, 0.29) is 5.92 Å². The van der Waals surface area contributed by atoms with E-state index >= 15 is 0 Å². The standard InChI is InChI=1S/C12H18N2O2/c1-10(6-8-14(15)16)3-4-12-9-11(2)5-7-13-12/h5-8,10-11H,3-4,9H2,1-2H3/b8-6-. The minimum atomic E-state index is -0.417. The molecule has 88 valence electrons. The molecular formula is C12H18N2O2. The molecule has 1 rings (SSSR count). The minimum absolute atomic E-state index is 0.231. The highest BCUT2D eigenvalue weighted by molar-refractivity contribution is 5.86. The Bertz CT molecular complexity index is 332. The van der Waals surface area contributed by atoms with Gasteiger partial charge in [0.15, 0.2) is 0 Å². The number of nitro groups is 1. The first kappa shape index (κ1) is 12.6. The fourth-order valence-corrected chi connectivity index (χ4v) is 1.66. The Morgan fingerprint density at radius 1 is 1.75 bits per heavy atom. The fourth-order valence-electron chi connectivity index (χ4n) is 1.66. The van der Waals surface area contributed by atoms with Gasteiger partial charge in [-0.2, -0.15) is 0 Å². The van der Waals surface area contributed by atoms with Crippen LogP contribution in [0, 0.1) is 22.0 Å². The summed E-state index contributed by atoms with van der Waals surface area (Å²) in [6, 6.07) is 0. The lowest BCUT2D eigenvalue weighted by molar-refractivity contribution is -0.402. The smallest absolute Gasteiger partial charge is 0.230 e. The zero-order valence-electron chi connectivity index (χ0n) is 9.80. The predicted molar refractivity (Wildman–Crippen MR) is 64.9 cm³/mol. The van der Waals surface area contributed by atoms with E-state index in [9.17, 15) is 10.1 Å². The monoisotopic (exact) mass is 222 g/mol. The highest BCUT2D eigenvalue weighted by atomic mass is 16.6. The molecule has 1 aliphatic rings. The highest BCUT2D eigenvalue weighted by Crippen LogP contribution is 2.16. The molecule has 0 amide bonds. The molecule has 1 heterocycles. The number of nitrogens with zero attached hydrogens (tertiary/aromatic N) is 2. The first-order chi connectivity index (χ1) is 7.58. The topological polar surface area (TPSA) is 55.5 Å². The Hall–Kier alpha value is -1.45. The van der Waals surface area contributed by atoms with Gasteiger partial charge >= 0.3 is 0 Å². The number of hydrogen-bond donors (Lipinski definition) is 0. The second kappa shape index (κ2) is 6.20. The van der Waals surface area contributed by atoms with Gasteiger partial charge in [-0.05, 0) is 37.2 Å². The van der Waals surface area contributed by atoms with Crippen LogP contribution >= 0.6 is 0 Å². The van der Waals surface area contributed by atoms with Gasteiger partial charge in [0, 0.05) is 11.9 Å². The fraction of sp³-hybridized carbons (Fsp3) is 0.583. The van der Waals surface area contributed by atoms with Crippen molar-refractivity contribution in [3.63, 3.8) is 0 Å². The molecule has 0 saturated carbocycles. The quantitative estimate of drug-likeness (QED) is 0.530. The van der Waals surface area contributed by atoms with Gasteiger partial charge in [-0.15, -0.1) is 0 Å². The molecule has 0 saturated heterocycles. The van der Waals surface area contributed by atoms with E-state index in [1.165, 1.54) is 5.71 Å². The van der Waals surface area contributed by atoms with E-state index in [2.05, 4.69) is 18.0 Å². The molecule has 0 N–H and O–H groups in total. The maximum absolute atomic E-state index is 10.1. The van der Waals surface area contributed by atoms with Crippen LogP contribution in [0.25, 0.3) is 0 Å². The lowest BCUT2D eigenvalue weighted by atomic mass is 9.96. The van der Waals surface area contributed by atoms with Crippen LogP contribution in [-0.2, 0) is 0 Å². The van der Waals surface area contributed by atoms with Crippen LogP contribution in [0.1, 0.15) is 33.1 Å². The summed E-state index contributed by atoms with van der Waals surface area (Å²) in [5.41, 5.74) is 1.20. The van der Waals surface area contributed by atoms with Crippen LogP contribution in [0.4, 0.5) is 0 Å². The Morgan fingerprint density at radius 2 is 2.50 bits per heavy atom. The Balaban J connectivity index is 2.32. The molecule has 0 aromatic carbocycles. The van der Waals surface area contributed by atoms with Crippen molar-refractivity contribution in [3.8, 4) is 0 Å². The summed E-state index contributed by atoms with van der Waals surface area (Å²) in [6.07, 6.45) is 9.49. The molecule has 0 fully saturated rings. The lowest BCUT2D eigenvalue weighted by Gasteiger charge is -2.14. The number of allylic oxidation sites excluding steroid dienone is 2. The summed E-state index contributed by atoms with van der Waals surface area (Å²) in [5.74, 6) is 0.798. The molecule has 0 spiro atoms. The molecule has 0 bridgehead atoms. The average molecular weight is 222 g/mol. The largest absolute Gasteiger partial charge is 0.266 e. The molecule has 4 heteroatoms. The van der Waals surface area contributed by atoms with Crippen LogP contribution in [0.2, 0.25) is 0 Å². The molecule has 0 aliphatic carbocycles. The molecule has 2 unspecified atom stereocenters. The van der Waals surface area contributed by atoms with Crippen molar-refractivity contribution in [1.29, 1.82) is 0 Å². The van der Waals surface area contributed by atoms with Crippen LogP contribution < -0.4 is 0 Å². The summed E-state index contributed by atoms with van der Waals surface area (Å²) >= 11 is 0. The second-order valence-corrected chi connectivity index (χ2v) is 4.36. The van der Waals surface area contributed by atoms with Crippen molar-refractivity contribution in [3.05, 3.63) is 34.7 Å². The summed E-state index contributed by atoms with van der Waals surface area (Å²) in [4.78, 5) is 14.0. The Kier molecular flexibility index (Phi) is 4.89. The normalized spacial score (nSPS) is 22.1. The summed E-state index contributed by atoms with van der Waals surface area (Å²) in [6.45, 7) is 4.16. The van der Waals surface area contributed by atoms with Crippen LogP contribution in [-0.4, -0.2) is 10.6 Å². The molecule has 0 radical (unpaired) electrons. The van der Waals surface area contributed by atoms with Gasteiger partial charge in [-0.1, -0.05) is 19.9 Å². The minimum Gasteiger partial charge on any atom is -0.266 e. The predicted octanol–water partition coefficient (Wildman–Crippen LogP) is 3.19. The maximum atomic E-state index is 10.1. The molecule has 0 aromatic rings. The van der Waals surface area contributed by atoms with E-state index in [4.69, 9.17) is 0 Å². The summed E-state index contributed by atoms with van der Waals surface area (Å²) in [5, 5.41) is 10.1. The number of aliphatic imine (C=N–C) groups is 1. The molecule has 0 aromatic heterocycles. The Labute approximate surface area is 95.9 Å². The van der Waals surface area contributed by atoms with Gasteiger partial charge in [-0.25, -0.2) is 0 Å². The van der Waals surface area contributed by atoms with Gasteiger partial charge in [-0.3, -0.25) is 15.1 Å². The zero-order chi connectivity index (χ0) is 12.0. The maximum Gasteiger partial charge on any atom is 0.230 e. The Morgan fingerprint density at radius 3 is 3.12 bits per heavy atom. The van der Waals surface area contributed by atoms with Crippen molar-refractivity contribution in [2.75, 3.05) is 0 Å². The lowest BCUT2D eigenvalue weighted by Crippen LogP contribution is -2.08. The van der Waals surface area contributed by atoms with E-state index < -0.39 is 4.92 Å². The van der Waals surface area contributed by atoms with Crippen molar-refractivity contribution in [2.45, 2.75) is 33.1 Å². The zero-order valence-corrected chi connectivity index (χ0v) is 9.80. The SMILES string of the molecule is CC1C=CN=C(CCC(C)/C=C\[N+](=O)[O-])C1. The number of hydrogen-bond acceptors (Lipinski definition) is 3. The molecule has 4 nitrogen and oxygen atoms in total. The van der Waals surface area contributed by atoms with Crippen molar-refractivity contribution in [1.82, 2.24) is 0 Å². The molecule has 16 heavy (non-hydrogen) atoms. The first-order valence-corrected chi connectivity index (χ1v) is 5.62. The highest BCUT2D eigenvalue weighted by Gasteiger charge is 2.09. The van der Waals surface area contributed by atoms with Crippen molar-refractivity contribution >= 4 is 5.71 Å². The third kappa shape index (κ3) is 4.87. The van der Waals surface area contributed by atoms with E-state index in [1.807, 2.05) is 13.1 Å². The van der Waals surface area contributed by atoms with Gasteiger partial charge in [0.2, 0.25) is 6.20 Å². The van der Waals surface area contributed by atoms with Gasteiger partial charge in [0.05, 0.1) is 4.92 Å². The molecular weight excluding hydrogens is 204 g/mol. The molecule has 1 aliphatic heterocycles. The molecule has 2 atom stereocenters. The summed E-state index contributed by atoms with van der Waals surface area (Å²) < 4.78 is 0. The second-order valence-electron chi connectivity index (χ2n) is 4.36. The van der Waals surface area contributed by atoms with Gasteiger partial charge in [0.25, 0.3) is 0 Å². The van der Waals surface area contributed by atoms with E-state index in [1.54, 1.807) is 6.08 Å². The first-order valence-electron chi connectivity index (χ1n) is 5.62. The van der Waals surface area contributed by atoms with Gasteiger partial charge < -0.3 is 0 Å². The van der Waals surface area contributed by atoms with Crippen LogP contribution in [0.3, 0.4) is 0 Å². The van der Waals surface area contributed by atoms with Crippen molar-refractivity contribution < 1.29 is 4.92 Å². The van der Waals surface area contributed by atoms with Crippen molar-refractivity contribution in [2.24, 2.45) is 16.8 Å². The number of rotatable bonds is 5. The average Bonchev–Trinajstić information content (AvgIpc) is 2.23. The van der Waals surface area contributed by atoms with Crippen LogP contribution in [0.5, 0.6) is 0 Å². The van der Waals surface area contributed by atoms with E-state index in [0.717, 1.165) is 25.5 Å². The van der Waals surface area contributed by atoms with E-state index in [0.29, 0.717) is 5.92 Å². The van der Waals surface area contributed by atoms with Gasteiger partial charge in [0.1, 0.15) is 0 Å². The van der Waals surface area contributed by atoms with Crippen LogP contribution in [0.15, 0.2) is 29.5 Å². The third-order valence-electron chi connectivity index (χ3n) is 2.65. The third-order valence-corrected chi connectivity index (χ3v) is 2.65. The summed E-state index contributed by atoms with van der Waals surface area (Å²) in [7, 11) is 0.